The zero-order valence-corrected chi connectivity index (χ0v) is 9.78. The standard InChI is InChI=1S/C12H11NO3S/c14-7-6-9-10(12(15)16)17-11(13-9)8-4-2-1-3-5-8/h1-5,14H,6-7H2,(H,15,16). The van der Waals surface area contributed by atoms with Gasteiger partial charge in [0.1, 0.15) is 9.88 Å². The van der Waals surface area contributed by atoms with Crippen LogP contribution in [0.25, 0.3) is 10.6 Å². The van der Waals surface area contributed by atoms with Crippen molar-refractivity contribution in [2.75, 3.05) is 6.61 Å². The van der Waals surface area contributed by atoms with Gasteiger partial charge >= 0.3 is 5.97 Å². The van der Waals surface area contributed by atoms with Crippen LogP contribution < -0.4 is 0 Å². The molecule has 1 aromatic heterocycles. The zero-order valence-electron chi connectivity index (χ0n) is 8.96. The molecular weight excluding hydrogens is 238 g/mol. The lowest BCUT2D eigenvalue weighted by Gasteiger charge is -1.93. The molecule has 0 saturated heterocycles. The molecule has 2 rings (SSSR count). The summed E-state index contributed by atoms with van der Waals surface area (Å²) in [6, 6.07) is 9.41. The summed E-state index contributed by atoms with van der Waals surface area (Å²) in [4.78, 5) is 15.5. The lowest BCUT2D eigenvalue weighted by Crippen LogP contribution is -2.01. The first-order valence-electron chi connectivity index (χ1n) is 5.11. The number of aliphatic hydroxyl groups excluding tert-OH is 1. The summed E-state index contributed by atoms with van der Waals surface area (Å²) in [6.07, 6.45) is 0.269. The number of hydrogen-bond acceptors (Lipinski definition) is 4. The number of nitrogens with zero attached hydrogens (tertiary/aromatic N) is 1. The molecule has 0 aliphatic carbocycles. The Bertz CT molecular complexity index is 522. The predicted octanol–water partition coefficient (Wildman–Crippen LogP) is 2.04. The molecule has 1 aromatic carbocycles. The lowest BCUT2D eigenvalue weighted by atomic mass is 10.2. The Morgan fingerprint density at radius 2 is 2.00 bits per heavy atom. The van der Waals surface area contributed by atoms with Crippen molar-refractivity contribution in [3.63, 3.8) is 0 Å². The Morgan fingerprint density at radius 3 is 2.59 bits per heavy atom. The first kappa shape index (κ1) is 11.8. The minimum absolute atomic E-state index is 0.0990. The molecule has 0 aliphatic heterocycles. The van der Waals surface area contributed by atoms with E-state index >= 15 is 0 Å². The third-order valence-electron chi connectivity index (χ3n) is 2.26. The van der Waals surface area contributed by atoms with Crippen molar-refractivity contribution in [3.8, 4) is 10.6 Å². The van der Waals surface area contributed by atoms with E-state index in [0.29, 0.717) is 10.7 Å². The monoisotopic (exact) mass is 249 g/mol. The van der Waals surface area contributed by atoms with E-state index < -0.39 is 5.97 Å². The van der Waals surface area contributed by atoms with Crippen LogP contribution in [-0.2, 0) is 6.42 Å². The molecule has 0 fully saturated rings. The van der Waals surface area contributed by atoms with Gasteiger partial charge in [0.15, 0.2) is 0 Å². The average Bonchev–Trinajstić information content (AvgIpc) is 2.75. The van der Waals surface area contributed by atoms with Gasteiger partial charge in [-0.3, -0.25) is 0 Å². The van der Waals surface area contributed by atoms with Crippen LogP contribution in [0.3, 0.4) is 0 Å². The van der Waals surface area contributed by atoms with Gasteiger partial charge in [0.05, 0.1) is 5.69 Å². The number of carboxylic acid groups (broad SMARTS) is 1. The average molecular weight is 249 g/mol. The molecule has 88 valence electrons. The number of rotatable bonds is 4. The van der Waals surface area contributed by atoms with Crippen molar-refractivity contribution in [2.45, 2.75) is 6.42 Å². The van der Waals surface area contributed by atoms with Crippen molar-refractivity contribution in [2.24, 2.45) is 0 Å². The number of carbonyl (C=O) groups is 1. The number of benzene rings is 1. The van der Waals surface area contributed by atoms with Crippen LogP contribution in [0.15, 0.2) is 30.3 Å². The number of thiazole rings is 1. The van der Waals surface area contributed by atoms with E-state index in [1.165, 1.54) is 0 Å². The third kappa shape index (κ3) is 2.51. The topological polar surface area (TPSA) is 70.4 Å². The van der Waals surface area contributed by atoms with E-state index in [1.807, 2.05) is 30.3 Å². The molecule has 0 amide bonds. The number of aromatic nitrogens is 1. The van der Waals surface area contributed by atoms with Gasteiger partial charge in [-0.05, 0) is 0 Å². The highest BCUT2D eigenvalue weighted by Gasteiger charge is 2.17. The van der Waals surface area contributed by atoms with Gasteiger partial charge in [0.2, 0.25) is 0 Å². The van der Waals surface area contributed by atoms with E-state index in [0.717, 1.165) is 16.9 Å². The van der Waals surface area contributed by atoms with Gasteiger partial charge in [-0.15, -0.1) is 11.3 Å². The molecule has 2 aromatic rings. The summed E-state index contributed by atoms with van der Waals surface area (Å²) < 4.78 is 0. The number of carboxylic acids is 1. The van der Waals surface area contributed by atoms with Crippen LogP contribution in [0.4, 0.5) is 0 Å². The van der Waals surface area contributed by atoms with E-state index in [1.54, 1.807) is 0 Å². The molecule has 0 spiro atoms. The summed E-state index contributed by atoms with van der Waals surface area (Å²) in [7, 11) is 0. The van der Waals surface area contributed by atoms with Crippen LogP contribution >= 0.6 is 11.3 Å². The van der Waals surface area contributed by atoms with Crippen LogP contribution in [-0.4, -0.2) is 27.8 Å². The smallest absolute Gasteiger partial charge is 0.347 e. The highest BCUT2D eigenvalue weighted by atomic mass is 32.1. The van der Waals surface area contributed by atoms with Gasteiger partial charge in [-0.25, -0.2) is 9.78 Å². The molecule has 0 unspecified atom stereocenters. The van der Waals surface area contributed by atoms with E-state index in [2.05, 4.69) is 4.98 Å². The van der Waals surface area contributed by atoms with Gasteiger partial charge in [-0.1, -0.05) is 30.3 Å². The largest absolute Gasteiger partial charge is 0.477 e. The maximum atomic E-state index is 11.0. The molecule has 0 atom stereocenters. The van der Waals surface area contributed by atoms with E-state index in [9.17, 15) is 4.79 Å². The second kappa shape index (κ2) is 5.07. The van der Waals surface area contributed by atoms with Crippen molar-refractivity contribution in [1.29, 1.82) is 0 Å². The fourth-order valence-electron chi connectivity index (χ4n) is 1.50. The summed E-state index contributed by atoms with van der Waals surface area (Å²) >= 11 is 1.14. The molecule has 2 N–H and O–H groups in total. The third-order valence-corrected chi connectivity index (χ3v) is 3.40. The molecule has 1 heterocycles. The fourth-order valence-corrected chi connectivity index (χ4v) is 2.45. The number of hydrogen-bond donors (Lipinski definition) is 2. The maximum absolute atomic E-state index is 11.0. The maximum Gasteiger partial charge on any atom is 0.347 e. The quantitative estimate of drug-likeness (QED) is 0.870. The first-order valence-corrected chi connectivity index (χ1v) is 5.93. The Balaban J connectivity index is 2.44. The van der Waals surface area contributed by atoms with Crippen molar-refractivity contribution >= 4 is 17.3 Å². The zero-order chi connectivity index (χ0) is 12.3. The second-order valence-electron chi connectivity index (χ2n) is 3.44. The minimum atomic E-state index is -0.992. The Labute approximate surface area is 102 Å². The molecule has 0 saturated carbocycles. The van der Waals surface area contributed by atoms with E-state index in [-0.39, 0.29) is 17.9 Å². The molecule has 0 aliphatic rings. The minimum Gasteiger partial charge on any atom is -0.477 e. The molecule has 0 bridgehead atoms. The molecular formula is C12H11NO3S. The van der Waals surface area contributed by atoms with Crippen molar-refractivity contribution in [3.05, 3.63) is 40.9 Å². The summed E-state index contributed by atoms with van der Waals surface area (Å²) in [5.74, 6) is -0.992. The van der Waals surface area contributed by atoms with Crippen LogP contribution in [0, 0.1) is 0 Å². The fraction of sp³-hybridized carbons (Fsp3) is 0.167. The van der Waals surface area contributed by atoms with Crippen LogP contribution in [0.1, 0.15) is 15.4 Å². The number of aliphatic hydroxyl groups is 1. The van der Waals surface area contributed by atoms with Crippen molar-refractivity contribution in [1.82, 2.24) is 4.98 Å². The number of aromatic carboxylic acids is 1. The predicted molar refractivity (Wildman–Crippen MR) is 65.3 cm³/mol. The Kier molecular flexibility index (Phi) is 3.51. The molecule has 0 radical (unpaired) electrons. The Hall–Kier alpha value is -1.72. The van der Waals surface area contributed by atoms with E-state index in [4.69, 9.17) is 10.2 Å². The SMILES string of the molecule is O=C(O)c1sc(-c2ccccc2)nc1CCO. The second-order valence-corrected chi connectivity index (χ2v) is 4.44. The Morgan fingerprint density at radius 1 is 1.29 bits per heavy atom. The molecule has 17 heavy (non-hydrogen) atoms. The van der Waals surface area contributed by atoms with Crippen LogP contribution in [0.2, 0.25) is 0 Å². The van der Waals surface area contributed by atoms with Gasteiger partial charge < -0.3 is 10.2 Å². The molecule has 5 heteroatoms. The lowest BCUT2D eigenvalue weighted by molar-refractivity contribution is 0.0700. The highest BCUT2D eigenvalue weighted by molar-refractivity contribution is 7.17. The highest BCUT2D eigenvalue weighted by Crippen LogP contribution is 2.28. The summed E-state index contributed by atoms with van der Waals surface area (Å²) in [5.41, 5.74) is 1.34. The van der Waals surface area contributed by atoms with Gasteiger partial charge in [-0.2, -0.15) is 0 Å². The van der Waals surface area contributed by atoms with Gasteiger partial charge in [0.25, 0.3) is 0 Å². The normalized spacial score (nSPS) is 10.4. The summed E-state index contributed by atoms with van der Waals surface area (Å²) in [5, 5.41) is 18.6. The van der Waals surface area contributed by atoms with Crippen molar-refractivity contribution < 1.29 is 15.0 Å². The molecule has 4 nitrogen and oxygen atoms in total. The van der Waals surface area contributed by atoms with Gasteiger partial charge in [0, 0.05) is 18.6 Å². The summed E-state index contributed by atoms with van der Waals surface area (Å²) in [6.45, 7) is -0.0990. The first-order chi connectivity index (χ1) is 8.22. The van der Waals surface area contributed by atoms with Crippen LogP contribution in [0.5, 0.6) is 0 Å².